The number of aromatic nitrogens is 1. The predicted molar refractivity (Wildman–Crippen MR) is 67.2 cm³/mol. The third kappa shape index (κ3) is 2.26. The molecule has 16 heavy (non-hydrogen) atoms. The van der Waals surface area contributed by atoms with Crippen LogP contribution >= 0.6 is 38.6 Å². The molecule has 1 N–H and O–H groups in total. The number of carboxylic acid groups (broad SMARTS) is 1. The Hall–Kier alpha value is -0.920. The van der Waals surface area contributed by atoms with Crippen LogP contribution in [0.5, 0.6) is 0 Å². The van der Waals surface area contributed by atoms with Crippen molar-refractivity contribution in [2.24, 2.45) is 0 Å². The van der Waals surface area contributed by atoms with E-state index in [2.05, 4.69) is 15.9 Å². The van der Waals surface area contributed by atoms with Gasteiger partial charge in [-0.2, -0.15) is 0 Å². The standard InChI is InChI=1S/C9H6BrNO3S2/c10-5-1-7(15-3-5)6-4-16-9(14)11(6)2-8(12)13/h1,3-4H,2H2,(H,12,13). The second-order valence-electron chi connectivity index (χ2n) is 3.00. The summed E-state index contributed by atoms with van der Waals surface area (Å²) >= 11 is 5.80. The Morgan fingerprint density at radius 3 is 2.75 bits per heavy atom. The number of hydrogen-bond acceptors (Lipinski definition) is 4. The van der Waals surface area contributed by atoms with Gasteiger partial charge in [-0.05, 0) is 22.0 Å². The number of rotatable bonds is 3. The van der Waals surface area contributed by atoms with Gasteiger partial charge in [0.1, 0.15) is 6.54 Å². The molecule has 0 radical (unpaired) electrons. The van der Waals surface area contributed by atoms with E-state index in [1.807, 2.05) is 11.4 Å². The van der Waals surface area contributed by atoms with Gasteiger partial charge >= 0.3 is 10.8 Å². The van der Waals surface area contributed by atoms with Gasteiger partial charge < -0.3 is 5.11 Å². The quantitative estimate of drug-likeness (QED) is 0.945. The fourth-order valence-electron chi connectivity index (χ4n) is 1.26. The Morgan fingerprint density at radius 2 is 2.19 bits per heavy atom. The van der Waals surface area contributed by atoms with Crippen molar-refractivity contribution >= 4 is 44.6 Å². The third-order valence-corrected chi connectivity index (χ3v) is 4.37. The van der Waals surface area contributed by atoms with Gasteiger partial charge in [-0.1, -0.05) is 11.3 Å². The molecule has 2 aromatic rings. The van der Waals surface area contributed by atoms with Crippen molar-refractivity contribution in [1.29, 1.82) is 0 Å². The van der Waals surface area contributed by atoms with E-state index in [-0.39, 0.29) is 11.4 Å². The molecule has 0 spiro atoms. The Labute approximate surface area is 107 Å². The largest absolute Gasteiger partial charge is 0.480 e. The second kappa shape index (κ2) is 4.52. The Kier molecular flexibility index (Phi) is 3.27. The average Bonchev–Trinajstić information content (AvgIpc) is 2.75. The van der Waals surface area contributed by atoms with E-state index in [1.54, 1.807) is 5.38 Å². The Balaban J connectivity index is 2.49. The van der Waals surface area contributed by atoms with Crippen molar-refractivity contribution in [1.82, 2.24) is 4.57 Å². The molecule has 0 saturated heterocycles. The van der Waals surface area contributed by atoms with Gasteiger partial charge in [-0.3, -0.25) is 14.2 Å². The van der Waals surface area contributed by atoms with Crippen molar-refractivity contribution in [3.63, 3.8) is 0 Å². The molecule has 0 unspecified atom stereocenters. The number of aliphatic carboxylic acids is 1. The molecule has 0 aromatic carbocycles. The minimum absolute atomic E-state index is 0.248. The molecular weight excluding hydrogens is 314 g/mol. The van der Waals surface area contributed by atoms with Crippen molar-refractivity contribution in [2.45, 2.75) is 6.54 Å². The molecule has 7 heteroatoms. The first-order valence-electron chi connectivity index (χ1n) is 4.22. The van der Waals surface area contributed by atoms with E-state index in [4.69, 9.17) is 5.11 Å². The van der Waals surface area contributed by atoms with Gasteiger partial charge in [0.05, 0.1) is 10.6 Å². The van der Waals surface area contributed by atoms with Gasteiger partial charge in [0.2, 0.25) is 0 Å². The maximum absolute atomic E-state index is 11.5. The molecular formula is C9H6BrNO3S2. The zero-order valence-electron chi connectivity index (χ0n) is 7.84. The number of carboxylic acids is 1. The smallest absolute Gasteiger partial charge is 0.323 e. The number of hydrogen-bond donors (Lipinski definition) is 1. The Morgan fingerprint density at radius 1 is 1.44 bits per heavy atom. The molecule has 0 aliphatic heterocycles. The molecule has 0 aliphatic carbocycles. The summed E-state index contributed by atoms with van der Waals surface area (Å²) in [7, 11) is 0. The average molecular weight is 320 g/mol. The van der Waals surface area contributed by atoms with Crippen molar-refractivity contribution in [2.75, 3.05) is 0 Å². The fourth-order valence-corrected chi connectivity index (χ4v) is 3.54. The van der Waals surface area contributed by atoms with E-state index in [0.29, 0.717) is 5.69 Å². The summed E-state index contributed by atoms with van der Waals surface area (Å²) in [4.78, 5) is 22.7. The van der Waals surface area contributed by atoms with Gasteiger partial charge in [0, 0.05) is 15.2 Å². The van der Waals surface area contributed by atoms with Gasteiger partial charge in [-0.15, -0.1) is 11.3 Å². The van der Waals surface area contributed by atoms with Crippen LogP contribution in [0.4, 0.5) is 0 Å². The highest BCUT2D eigenvalue weighted by Gasteiger charge is 2.13. The lowest BCUT2D eigenvalue weighted by atomic mass is 10.4. The van der Waals surface area contributed by atoms with Crippen LogP contribution in [-0.2, 0) is 11.3 Å². The van der Waals surface area contributed by atoms with Crippen molar-refractivity contribution in [3.8, 4) is 10.6 Å². The first-order chi connectivity index (χ1) is 7.58. The molecule has 0 bridgehead atoms. The van der Waals surface area contributed by atoms with Crippen LogP contribution in [0.25, 0.3) is 10.6 Å². The number of thiazole rings is 1. The van der Waals surface area contributed by atoms with Gasteiger partial charge in [0.25, 0.3) is 0 Å². The molecule has 2 rings (SSSR count). The van der Waals surface area contributed by atoms with Crippen LogP contribution in [0.3, 0.4) is 0 Å². The number of halogens is 1. The maximum atomic E-state index is 11.5. The fraction of sp³-hybridized carbons (Fsp3) is 0.111. The lowest BCUT2D eigenvalue weighted by Crippen LogP contribution is -2.19. The van der Waals surface area contributed by atoms with E-state index >= 15 is 0 Å². The summed E-state index contributed by atoms with van der Waals surface area (Å²) in [5.41, 5.74) is 0.660. The normalized spacial score (nSPS) is 10.6. The lowest BCUT2D eigenvalue weighted by molar-refractivity contribution is -0.137. The predicted octanol–water partition coefficient (Wildman–Crippen LogP) is 2.49. The Bertz CT molecular complexity index is 584. The number of carbonyl (C=O) groups is 1. The highest BCUT2D eigenvalue weighted by atomic mass is 79.9. The summed E-state index contributed by atoms with van der Waals surface area (Å²) in [6.45, 7) is -0.298. The van der Waals surface area contributed by atoms with Crippen LogP contribution in [0, 0.1) is 0 Å². The van der Waals surface area contributed by atoms with Gasteiger partial charge in [-0.25, -0.2) is 0 Å². The topological polar surface area (TPSA) is 59.3 Å². The zero-order valence-corrected chi connectivity index (χ0v) is 11.1. The highest BCUT2D eigenvalue weighted by Crippen LogP contribution is 2.30. The summed E-state index contributed by atoms with van der Waals surface area (Å²) in [6, 6.07) is 1.87. The molecule has 2 aromatic heterocycles. The molecule has 0 fully saturated rings. The molecule has 0 amide bonds. The van der Waals surface area contributed by atoms with Crippen LogP contribution < -0.4 is 4.87 Å². The van der Waals surface area contributed by atoms with Gasteiger partial charge in [0.15, 0.2) is 0 Å². The molecule has 0 aliphatic rings. The van der Waals surface area contributed by atoms with Crippen molar-refractivity contribution < 1.29 is 9.90 Å². The molecule has 2 heterocycles. The monoisotopic (exact) mass is 319 g/mol. The van der Waals surface area contributed by atoms with Crippen LogP contribution in [0.15, 0.2) is 26.1 Å². The number of nitrogens with zero attached hydrogens (tertiary/aromatic N) is 1. The summed E-state index contributed by atoms with van der Waals surface area (Å²) in [5, 5.41) is 12.3. The van der Waals surface area contributed by atoms with Crippen LogP contribution in [-0.4, -0.2) is 15.6 Å². The third-order valence-electron chi connectivity index (χ3n) is 1.90. The molecule has 0 saturated carbocycles. The van der Waals surface area contributed by atoms with Crippen LogP contribution in [0.2, 0.25) is 0 Å². The first-order valence-corrected chi connectivity index (χ1v) is 6.77. The lowest BCUT2D eigenvalue weighted by Gasteiger charge is -2.01. The molecule has 4 nitrogen and oxygen atoms in total. The van der Waals surface area contributed by atoms with E-state index in [1.165, 1.54) is 15.9 Å². The molecule has 0 atom stereocenters. The minimum Gasteiger partial charge on any atom is -0.480 e. The van der Waals surface area contributed by atoms with Crippen LogP contribution in [0.1, 0.15) is 0 Å². The second-order valence-corrected chi connectivity index (χ2v) is 5.64. The summed E-state index contributed by atoms with van der Waals surface area (Å²) in [6.07, 6.45) is 0. The molecule has 84 valence electrons. The minimum atomic E-state index is -1.02. The summed E-state index contributed by atoms with van der Waals surface area (Å²) < 4.78 is 2.19. The number of thiophene rings is 1. The van der Waals surface area contributed by atoms with E-state index in [0.717, 1.165) is 20.7 Å². The van der Waals surface area contributed by atoms with E-state index < -0.39 is 5.97 Å². The van der Waals surface area contributed by atoms with Crippen molar-refractivity contribution in [3.05, 3.63) is 31.0 Å². The first kappa shape index (κ1) is 11.6. The van der Waals surface area contributed by atoms with E-state index in [9.17, 15) is 9.59 Å². The highest BCUT2D eigenvalue weighted by molar-refractivity contribution is 9.10. The summed E-state index contributed by atoms with van der Waals surface area (Å²) in [5.74, 6) is -1.02. The maximum Gasteiger partial charge on any atom is 0.323 e. The SMILES string of the molecule is O=C(O)Cn1c(-c2cc(Br)cs2)csc1=O. The zero-order chi connectivity index (χ0) is 11.7.